The molecule has 6 nitrogen and oxygen atoms in total. The first-order chi connectivity index (χ1) is 46.1. The number of hydrogen-bond donors (Lipinski definition) is 0. The molecule has 0 unspecified atom stereocenters. The molecular weight excluding hydrogens is 1160 g/mol. The van der Waals surface area contributed by atoms with Crippen LogP contribution in [0.4, 0.5) is 34.1 Å². The molecule has 0 amide bonds. The summed E-state index contributed by atoms with van der Waals surface area (Å²) in [6.45, 7) is 39.8. The molecule has 0 aliphatic carbocycles. The van der Waals surface area contributed by atoms with Crippen molar-refractivity contribution in [2.24, 2.45) is 0 Å². The summed E-state index contributed by atoms with van der Waals surface area (Å²) in [6, 6.07) is 84.1. The highest BCUT2D eigenvalue weighted by Gasteiger charge is 2.60. The van der Waals surface area contributed by atoms with Crippen molar-refractivity contribution in [3.05, 3.63) is 319 Å². The molecular formula is C84H90B6N6. The lowest BCUT2D eigenvalue weighted by molar-refractivity contribution is 1.24. The van der Waals surface area contributed by atoms with E-state index in [0.717, 1.165) is 34.1 Å². The highest BCUT2D eigenvalue weighted by atomic mass is 15.3. The Balaban J connectivity index is 1.17. The van der Waals surface area contributed by atoms with Gasteiger partial charge >= 0.3 is 41.9 Å². The number of rotatable bonds is 12. The lowest BCUT2D eigenvalue weighted by Crippen LogP contribution is -2.87. The van der Waals surface area contributed by atoms with Crippen molar-refractivity contribution in [1.82, 2.24) is 0 Å². The van der Waals surface area contributed by atoms with E-state index in [1.54, 1.807) is 0 Å². The molecule has 2 aliphatic rings. The van der Waals surface area contributed by atoms with Crippen LogP contribution in [-0.4, -0.2) is 41.9 Å². The standard InChI is InChI=1S/C84H90B6N6/c1-55-43-61(7)79(62(8)44-55)85-91(73-31-23-19-24-32-73)87(81-65(11)47-57(3)48-66(81)12)95(88(92(85)74-33-25-20-26-34-74)82-67(13)49-58(4)50-68(82)14)77-39-41-78(42-40-77)96-89(83-69(15)51-59(5)52-70(83)16)93(75-35-27-21-28-36-75)86(80-63(9)45-56(2)46-64(80)10)94(76-37-29-22-30-38-76)90(96)84-71(17)53-60(6)54-72(84)18/h19-54H,1-18H3. The molecule has 474 valence electrons. The number of aryl methyl sites for hydroxylation is 18. The van der Waals surface area contributed by atoms with Crippen molar-refractivity contribution >= 4 is 109 Å². The van der Waals surface area contributed by atoms with Crippen LogP contribution in [0.15, 0.2) is 218 Å². The summed E-state index contributed by atoms with van der Waals surface area (Å²) < 4.78 is 16.7. The lowest BCUT2D eigenvalue weighted by Gasteiger charge is -2.58. The number of anilines is 6. The van der Waals surface area contributed by atoms with Crippen LogP contribution in [0.1, 0.15) is 100 Å². The first kappa shape index (κ1) is 65.3. The Morgan fingerprint density at radius 2 is 0.271 bits per heavy atom. The average Bonchev–Trinajstić information content (AvgIpc) is 0.710. The molecule has 11 aromatic rings. The topological polar surface area (TPSA) is 19.4 Å². The molecule has 96 heavy (non-hydrogen) atoms. The number of benzene rings is 11. The smallest absolute Gasteiger partial charge is 0.389 e. The minimum atomic E-state index is -0.330. The molecule has 0 saturated carbocycles. The van der Waals surface area contributed by atoms with E-state index in [1.165, 1.54) is 133 Å². The summed E-state index contributed by atoms with van der Waals surface area (Å²) in [6.07, 6.45) is 0. The van der Waals surface area contributed by atoms with Gasteiger partial charge in [0.05, 0.1) is 0 Å². The van der Waals surface area contributed by atoms with Gasteiger partial charge in [0, 0.05) is 34.1 Å². The maximum absolute atomic E-state index is 2.81. The number of nitrogens with zero attached hydrogens (tertiary/aromatic N) is 6. The summed E-state index contributed by atoms with van der Waals surface area (Å²) in [5.41, 5.74) is 37.4. The van der Waals surface area contributed by atoms with E-state index in [-0.39, 0.29) is 41.9 Å². The van der Waals surface area contributed by atoms with Crippen LogP contribution in [-0.2, 0) is 0 Å². The van der Waals surface area contributed by atoms with E-state index in [2.05, 4.69) is 371 Å². The maximum atomic E-state index is 2.81. The van der Waals surface area contributed by atoms with E-state index in [4.69, 9.17) is 0 Å². The van der Waals surface area contributed by atoms with Crippen LogP contribution >= 0.6 is 0 Å². The summed E-state index contributed by atoms with van der Waals surface area (Å²) >= 11 is 0. The fraction of sp³-hybridized carbons (Fsp3) is 0.214. The highest BCUT2D eigenvalue weighted by Crippen LogP contribution is 2.40. The molecule has 12 heteroatoms. The van der Waals surface area contributed by atoms with Crippen LogP contribution in [0.25, 0.3) is 0 Å². The largest absolute Gasteiger partial charge is 0.416 e. The third kappa shape index (κ3) is 11.7. The van der Waals surface area contributed by atoms with Gasteiger partial charge in [-0.15, -0.1) is 0 Å². The third-order valence-electron chi connectivity index (χ3n) is 20.8. The molecule has 0 aromatic heterocycles. The van der Waals surface area contributed by atoms with Gasteiger partial charge in [-0.05, 0) is 230 Å². The maximum Gasteiger partial charge on any atom is 0.389 e. The predicted molar refractivity (Wildman–Crippen MR) is 423 cm³/mol. The second kappa shape index (κ2) is 26.3. The van der Waals surface area contributed by atoms with Crippen molar-refractivity contribution in [1.29, 1.82) is 0 Å². The average molecular weight is 1250 g/mol. The Labute approximate surface area is 576 Å². The summed E-state index contributed by atoms with van der Waals surface area (Å²) in [7, 11) is 0. The fourth-order valence-corrected chi connectivity index (χ4v) is 17.8. The van der Waals surface area contributed by atoms with Gasteiger partial charge in [-0.25, -0.2) is 0 Å². The van der Waals surface area contributed by atoms with E-state index in [1.807, 2.05) is 0 Å². The molecule has 2 fully saturated rings. The SMILES string of the molecule is Cc1cc(C)c(B2N(c3ccccc3)B(c3c(C)cc(C)cc3C)N(c3ccc(N4B(c5c(C)cc(C)cc5C)N(c5ccccc5)B(c5c(C)cc(C)cc5C)N(c5ccccc5)B4c4c(C)cc(C)cc4C)cc3)B(c3c(C)cc(C)cc3C)N2c2ccccc2)c(C)c1. The van der Waals surface area contributed by atoms with E-state index in [9.17, 15) is 0 Å². The fourth-order valence-electron chi connectivity index (χ4n) is 17.8. The van der Waals surface area contributed by atoms with Gasteiger partial charge in [0.15, 0.2) is 0 Å². The van der Waals surface area contributed by atoms with Gasteiger partial charge in [0.2, 0.25) is 0 Å². The van der Waals surface area contributed by atoms with Gasteiger partial charge in [-0.2, -0.15) is 0 Å². The van der Waals surface area contributed by atoms with Gasteiger partial charge in [0.25, 0.3) is 0 Å². The monoisotopic (exact) mass is 1250 g/mol. The zero-order valence-electron chi connectivity index (χ0n) is 59.9. The molecule has 0 radical (unpaired) electrons. The first-order valence-corrected chi connectivity index (χ1v) is 34.6. The number of para-hydroxylation sites is 4. The van der Waals surface area contributed by atoms with Crippen molar-refractivity contribution in [3.8, 4) is 0 Å². The zero-order chi connectivity index (χ0) is 67.7. The molecule has 11 aromatic carbocycles. The van der Waals surface area contributed by atoms with E-state index >= 15 is 0 Å². The van der Waals surface area contributed by atoms with Crippen LogP contribution in [0.2, 0.25) is 0 Å². The summed E-state index contributed by atoms with van der Waals surface area (Å²) in [5, 5.41) is 0. The Bertz CT molecular complexity index is 4070. The summed E-state index contributed by atoms with van der Waals surface area (Å²) in [4.78, 5) is 0. The van der Waals surface area contributed by atoms with E-state index in [0.29, 0.717) is 0 Å². The minimum absolute atomic E-state index is 0.278. The normalized spacial score (nSPS) is 13.7. The molecule has 0 atom stereocenters. The van der Waals surface area contributed by atoms with Gasteiger partial charge in [0.1, 0.15) is 0 Å². The Morgan fingerprint density at radius 3 is 0.396 bits per heavy atom. The van der Waals surface area contributed by atoms with Crippen molar-refractivity contribution in [3.63, 3.8) is 0 Å². The van der Waals surface area contributed by atoms with Crippen LogP contribution < -0.4 is 61.1 Å². The second-order valence-corrected chi connectivity index (χ2v) is 28.4. The molecule has 0 N–H and O–H groups in total. The van der Waals surface area contributed by atoms with Gasteiger partial charge < -0.3 is 28.3 Å². The van der Waals surface area contributed by atoms with Gasteiger partial charge in [-0.3, -0.25) is 0 Å². The van der Waals surface area contributed by atoms with Gasteiger partial charge in [-0.1, -0.05) is 246 Å². The van der Waals surface area contributed by atoms with Crippen LogP contribution in [0.5, 0.6) is 0 Å². The predicted octanol–water partition coefficient (Wildman–Crippen LogP) is 15.3. The molecule has 2 saturated heterocycles. The van der Waals surface area contributed by atoms with Crippen molar-refractivity contribution in [2.45, 2.75) is 125 Å². The van der Waals surface area contributed by atoms with E-state index < -0.39 is 0 Å². The molecule has 0 bridgehead atoms. The van der Waals surface area contributed by atoms with Crippen LogP contribution in [0, 0.1) is 125 Å². The third-order valence-corrected chi connectivity index (χ3v) is 20.8. The quantitative estimate of drug-likeness (QED) is 0.113. The first-order valence-electron chi connectivity index (χ1n) is 34.6. The summed E-state index contributed by atoms with van der Waals surface area (Å²) in [5.74, 6) is 0. The molecule has 13 rings (SSSR count). The van der Waals surface area contributed by atoms with Crippen LogP contribution in [0.3, 0.4) is 0 Å². The van der Waals surface area contributed by atoms with Crippen molar-refractivity contribution < 1.29 is 0 Å². The second-order valence-electron chi connectivity index (χ2n) is 28.4. The Kier molecular flexibility index (Phi) is 17.9. The molecule has 2 heterocycles. The number of hydrogen-bond acceptors (Lipinski definition) is 6. The zero-order valence-corrected chi connectivity index (χ0v) is 59.9. The lowest BCUT2D eigenvalue weighted by atomic mass is 9.35. The minimum Gasteiger partial charge on any atom is -0.416 e. The molecule has 0 spiro atoms. The van der Waals surface area contributed by atoms with Crippen molar-refractivity contribution in [2.75, 3.05) is 28.3 Å². The highest BCUT2D eigenvalue weighted by molar-refractivity contribution is 7.16. The molecule has 2 aliphatic heterocycles. The Morgan fingerprint density at radius 1 is 0.156 bits per heavy atom. The Hall–Kier alpha value is -9.39.